The smallest absolute Gasteiger partial charge is 0.161 e. The molecule has 0 saturated carbocycles. The van der Waals surface area contributed by atoms with E-state index in [4.69, 9.17) is 14.2 Å². The summed E-state index contributed by atoms with van der Waals surface area (Å²) in [4.78, 5) is 4.45. The Kier molecular flexibility index (Phi) is 8.31. The van der Waals surface area contributed by atoms with E-state index in [2.05, 4.69) is 15.9 Å². The average molecular weight is 401 g/mol. The van der Waals surface area contributed by atoms with E-state index in [9.17, 15) is 5.11 Å². The van der Waals surface area contributed by atoms with E-state index in [1.807, 2.05) is 49.5 Å². The van der Waals surface area contributed by atoms with Crippen LogP contribution in [0.25, 0.3) is 0 Å². The lowest BCUT2D eigenvalue weighted by molar-refractivity contribution is 0.0321. The first-order valence-electron chi connectivity index (χ1n) is 10.2. The van der Waals surface area contributed by atoms with Gasteiger partial charge in [0.2, 0.25) is 0 Å². The molecule has 2 aromatic carbocycles. The van der Waals surface area contributed by atoms with Gasteiger partial charge in [0.15, 0.2) is 11.5 Å². The van der Waals surface area contributed by atoms with E-state index >= 15 is 0 Å². The molecule has 1 unspecified atom stereocenters. The van der Waals surface area contributed by atoms with Crippen molar-refractivity contribution < 1.29 is 19.3 Å². The van der Waals surface area contributed by atoms with Crippen molar-refractivity contribution in [3.8, 4) is 11.5 Å². The van der Waals surface area contributed by atoms with E-state index in [1.165, 1.54) is 0 Å². The SMILES string of the molecule is COc1cc(CN(C)CC(O)c2ccccc2)ccc1OCCN1CCOCC1. The van der Waals surface area contributed by atoms with E-state index < -0.39 is 6.10 Å². The lowest BCUT2D eigenvalue weighted by atomic mass is 10.1. The van der Waals surface area contributed by atoms with Gasteiger partial charge in [0.25, 0.3) is 0 Å². The van der Waals surface area contributed by atoms with Crippen LogP contribution in [0.15, 0.2) is 48.5 Å². The number of morpholine rings is 1. The van der Waals surface area contributed by atoms with Gasteiger partial charge in [0.1, 0.15) is 6.61 Å². The number of nitrogens with zero attached hydrogens (tertiary/aromatic N) is 2. The van der Waals surface area contributed by atoms with Crippen LogP contribution < -0.4 is 9.47 Å². The van der Waals surface area contributed by atoms with Crippen molar-refractivity contribution in [3.63, 3.8) is 0 Å². The summed E-state index contributed by atoms with van der Waals surface area (Å²) in [6.45, 7) is 6.29. The molecular weight excluding hydrogens is 368 g/mol. The molecule has 0 amide bonds. The molecule has 0 aromatic heterocycles. The zero-order valence-electron chi connectivity index (χ0n) is 17.4. The van der Waals surface area contributed by atoms with Gasteiger partial charge in [-0.05, 0) is 30.3 Å². The largest absolute Gasteiger partial charge is 0.493 e. The molecule has 6 heteroatoms. The summed E-state index contributed by atoms with van der Waals surface area (Å²) < 4.78 is 16.9. The maximum atomic E-state index is 10.4. The Hall–Kier alpha value is -2.12. The maximum absolute atomic E-state index is 10.4. The van der Waals surface area contributed by atoms with Gasteiger partial charge in [0, 0.05) is 32.7 Å². The number of rotatable bonds is 10. The standard InChI is InChI=1S/C23H32N2O4/c1-24(18-21(26)20-6-4-3-5-7-20)17-19-8-9-22(23(16-19)27-2)29-15-12-25-10-13-28-14-11-25/h3-9,16,21,26H,10-15,17-18H2,1-2H3. The summed E-state index contributed by atoms with van der Waals surface area (Å²) in [6, 6.07) is 15.8. The summed E-state index contributed by atoms with van der Waals surface area (Å²) >= 11 is 0. The van der Waals surface area contributed by atoms with Crippen LogP contribution in [0.2, 0.25) is 0 Å². The Labute approximate surface area is 173 Å². The molecule has 3 rings (SSSR count). The van der Waals surface area contributed by atoms with Crippen LogP contribution >= 0.6 is 0 Å². The van der Waals surface area contributed by atoms with Crippen molar-refractivity contribution in [3.05, 3.63) is 59.7 Å². The number of aliphatic hydroxyl groups excluding tert-OH is 1. The van der Waals surface area contributed by atoms with Crippen molar-refractivity contribution in [1.82, 2.24) is 9.80 Å². The zero-order chi connectivity index (χ0) is 20.5. The molecular formula is C23H32N2O4. The molecule has 2 aromatic rings. The number of benzene rings is 2. The molecule has 29 heavy (non-hydrogen) atoms. The summed E-state index contributed by atoms with van der Waals surface area (Å²) in [5, 5.41) is 10.4. The molecule has 158 valence electrons. The van der Waals surface area contributed by atoms with Gasteiger partial charge in [-0.15, -0.1) is 0 Å². The first-order chi connectivity index (χ1) is 14.2. The predicted octanol–water partition coefficient (Wildman–Crippen LogP) is 2.57. The molecule has 0 aliphatic carbocycles. The summed E-state index contributed by atoms with van der Waals surface area (Å²) in [5.74, 6) is 1.50. The fraction of sp³-hybridized carbons (Fsp3) is 0.478. The van der Waals surface area contributed by atoms with Crippen LogP contribution in [-0.2, 0) is 11.3 Å². The van der Waals surface area contributed by atoms with E-state index in [0.717, 1.165) is 55.5 Å². The number of ether oxygens (including phenoxy) is 3. The van der Waals surface area contributed by atoms with E-state index in [0.29, 0.717) is 19.7 Å². The number of hydrogen-bond donors (Lipinski definition) is 1. The molecule has 0 spiro atoms. The fourth-order valence-corrected chi connectivity index (χ4v) is 3.49. The van der Waals surface area contributed by atoms with Crippen molar-refractivity contribution in [2.24, 2.45) is 0 Å². The lowest BCUT2D eigenvalue weighted by Crippen LogP contribution is -2.38. The van der Waals surface area contributed by atoms with Gasteiger partial charge in [-0.2, -0.15) is 0 Å². The van der Waals surface area contributed by atoms with Gasteiger partial charge in [-0.3, -0.25) is 9.80 Å². The van der Waals surface area contributed by atoms with Crippen LogP contribution in [0.3, 0.4) is 0 Å². The molecule has 6 nitrogen and oxygen atoms in total. The normalized spacial score (nSPS) is 16.0. The second-order valence-corrected chi connectivity index (χ2v) is 7.41. The second-order valence-electron chi connectivity index (χ2n) is 7.41. The Balaban J connectivity index is 1.50. The first kappa shape index (κ1) is 21.6. The Morgan fingerprint density at radius 1 is 1.10 bits per heavy atom. The van der Waals surface area contributed by atoms with Gasteiger partial charge >= 0.3 is 0 Å². The molecule has 1 heterocycles. The van der Waals surface area contributed by atoms with Gasteiger partial charge in [-0.1, -0.05) is 36.4 Å². The monoisotopic (exact) mass is 400 g/mol. The molecule has 1 atom stereocenters. The number of likely N-dealkylation sites (N-methyl/N-ethyl adjacent to an activating group) is 1. The third-order valence-electron chi connectivity index (χ3n) is 5.12. The first-order valence-corrected chi connectivity index (χ1v) is 10.2. The minimum atomic E-state index is -0.508. The third kappa shape index (κ3) is 6.72. The molecule has 0 bridgehead atoms. The lowest BCUT2D eigenvalue weighted by Gasteiger charge is -2.26. The average Bonchev–Trinajstić information content (AvgIpc) is 2.76. The quantitative estimate of drug-likeness (QED) is 0.662. The van der Waals surface area contributed by atoms with Crippen LogP contribution in [0.1, 0.15) is 17.2 Å². The molecule has 1 aliphatic rings. The van der Waals surface area contributed by atoms with Crippen molar-refractivity contribution in [1.29, 1.82) is 0 Å². The third-order valence-corrected chi connectivity index (χ3v) is 5.12. The molecule has 1 aliphatic heterocycles. The van der Waals surface area contributed by atoms with E-state index in [1.54, 1.807) is 7.11 Å². The maximum Gasteiger partial charge on any atom is 0.161 e. The van der Waals surface area contributed by atoms with Crippen molar-refractivity contribution >= 4 is 0 Å². The van der Waals surface area contributed by atoms with Crippen LogP contribution in [0.4, 0.5) is 0 Å². The van der Waals surface area contributed by atoms with Crippen LogP contribution in [0, 0.1) is 0 Å². The second kappa shape index (κ2) is 11.2. The highest BCUT2D eigenvalue weighted by atomic mass is 16.5. The molecule has 1 N–H and O–H groups in total. The summed E-state index contributed by atoms with van der Waals surface area (Å²) in [7, 11) is 3.67. The minimum Gasteiger partial charge on any atom is -0.493 e. The molecule has 1 saturated heterocycles. The summed E-state index contributed by atoms with van der Waals surface area (Å²) in [5.41, 5.74) is 2.05. The van der Waals surface area contributed by atoms with Crippen LogP contribution in [-0.4, -0.2) is 75.1 Å². The predicted molar refractivity (Wildman–Crippen MR) is 113 cm³/mol. The van der Waals surface area contributed by atoms with Gasteiger partial charge in [0.05, 0.1) is 26.4 Å². The number of hydrogen-bond acceptors (Lipinski definition) is 6. The fourth-order valence-electron chi connectivity index (χ4n) is 3.49. The summed E-state index contributed by atoms with van der Waals surface area (Å²) in [6.07, 6.45) is -0.508. The van der Waals surface area contributed by atoms with Crippen molar-refractivity contribution in [2.45, 2.75) is 12.6 Å². The molecule has 0 radical (unpaired) electrons. The Morgan fingerprint density at radius 3 is 2.59 bits per heavy atom. The minimum absolute atomic E-state index is 0.508. The van der Waals surface area contributed by atoms with Gasteiger partial charge in [-0.25, -0.2) is 0 Å². The van der Waals surface area contributed by atoms with Crippen LogP contribution in [0.5, 0.6) is 11.5 Å². The Morgan fingerprint density at radius 2 is 1.86 bits per heavy atom. The Bertz CT molecular complexity index is 735. The highest BCUT2D eigenvalue weighted by molar-refractivity contribution is 5.43. The number of methoxy groups -OCH3 is 1. The highest BCUT2D eigenvalue weighted by Gasteiger charge is 2.13. The molecule has 1 fully saturated rings. The van der Waals surface area contributed by atoms with Crippen molar-refractivity contribution in [2.75, 3.05) is 60.2 Å². The van der Waals surface area contributed by atoms with E-state index in [-0.39, 0.29) is 0 Å². The zero-order valence-corrected chi connectivity index (χ0v) is 17.4. The number of aliphatic hydroxyl groups is 1. The highest BCUT2D eigenvalue weighted by Crippen LogP contribution is 2.28. The topological polar surface area (TPSA) is 54.4 Å². The van der Waals surface area contributed by atoms with Gasteiger partial charge < -0.3 is 19.3 Å².